The van der Waals surface area contributed by atoms with Crippen molar-refractivity contribution in [2.75, 3.05) is 24.7 Å². The Balaban J connectivity index is 1.63. The molecular weight excluding hydrogens is 333 g/mol. The summed E-state index contributed by atoms with van der Waals surface area (Å²) in [6.45, 7) is 4.80. The lowest BCUT2D eigenvalue weighted by Gasteiger charge is -2.34. The molecule has 128 valence electrons. The van der Waals surface area contributed by atoms with Gasteiger partial charge < -0.3 is 14.2 Å². The van der Waals surface area contributed by atoms with Gasteiger partial charge in [0.25, 0.3) is 0 Å². The maximum Gasteiger partial charge on any atom is 0.167 e. The second-order valence-corrected chi connectivity index (χ2v) is 6.86. The van der Waals surface area contributed by atoms with E-state index in [9.17, 15) is 4.39 Å². The van der Waals surface area contributed by atoms with E-state index in [2.05, 4.69) is 26.7 Å². The third-order valence-electron chi connectivity index (χ3n) is 4.72. The number of hydrogen-bond donors (Lipinski definition) is 0. The van der Waals surface area contributed by atoms with Crippen molar-refractivity contribution in [2.45, 2.75) is 38.3 Å². The minimum atomic E-state index is -0.410. The molecule has 0 unspecified atom stereocenters. The Morgan fingerprint density at radius 1 is 1.29 bits per heavy atom. The van der Waals surface area contributed by atoms with Crippen molar-refractivity contribution in [3.8, 4) is 0 Å². The molecule has 1 atom stereocenters. The monoisotopic (exact) mass is 351 g/mol. The third kappa shape index (κ3) is 2.75. The molecule has 6 nitrogen and oxygen atoms in total. The van der Waals surface area contributed by atoms with Gasteiger partial charge in [0.1, 0.15) is 5.82 Å². The van der Waals surface area contributed by atoms with E-state index in [0.29, 0.717) is 29.8 Å². The van der Waals surface area contributed by atoms with Crippen LogP contribution in [0.5, 0.6) is 0 Å². The van der Waals surface area contributed by atoms with E-state index in [1.165, 1.54) is 12.3 Å². The zero-order valence-corrected chi connectivity index (χ0v) is 14.2. The Bertz CT molecular complexity index is 746. The molecule has 24 heavy (non-hydrogen) atoms. The first-order valence-corrected chi connectivity index (χ1v) is 8.58. The van der Waals surface area contributed by atoms with Crippen molar-refractivity contribution in [1.29, 1.82) is 0 Å². The van der Waals surface area contributed by atoms with Crippen molar-refractivity contribution >= 4 is 17.4 Å². The van der Waals surface area contributed by atoms with Crippen LogP contribution in [0.15, 0.2) is 12.3 Å². The summed E-state index contributed by atoms with van der Waals surface area (Å²) < 4.78 is 21.8. The third-order valence-corrected chi connectivity index (χ3v) is 4.93. The van der Waals surface area contributed by atoms with Gasteiger partial charge in [-0.05, 0) is 25.8 Å². The molecule has 0 aliphatic carbocycles. The smallest absolute Gasteiger partial charge is 0.167 e. The normalized spacial score (nSPS) is 21.8. The predicted octanol–water partition coefficient (Wildman–Crippen LogP) is 2.94. The number of anilines is 1. The molecule has 0 saturated carbocycles. The van der Waals surface area contributed by atoms with E-state index >= 15 is 0 Å². The molecular formula is C16H19ClFN5O. The number of halogens is 2. The number of fused-ring (bicyclic) bond motifs is 1. The number of nitrogens with zero attached hydrogens (tertiary/aromatic N) is 5. The quantitative estimate of drug-likeness (QED) is 0.832. The Morgan fingerprint density at radius 2 is 2.08 bits per heavy atom. The number of aromatic nitrogens is 4. The molecule has 1 fully saturated rings. The number of pyridine rings is 1. The fourth-order valence-electron chi connectivity index (χ4n) is 3.60. The van der Waals surface area contributed by atoms with Gasteiger partial charge in [-0.2, -0.15) is 0 Å². The molecule has 8 heteroatoms. The van der Waals surface area contributed by atoms with E-state index in [-0.39, 0.29) is 6.04 Å². The number of ether oxygens (including phenoxy) is 1. The molecule has 2 aromatic heterocycles. The van der Waals surface area contributed by atoms with Crippen LogP contribution >= 0.6 is 11.6 Å². The Hall–Kier alpha value is -1.73. The first-order valence-electron chi connectivity index (χ1n) is 8.21. The lowest BCUT2D eigenvalue weighted by Crippen LogP contribution is -2.38. The molecule has 0 N–H and O–H groups in total. The van der Waals surface area contributed by atoms with Crippen LogP contribution in [0.1, 0.15) is 43.4 Å². The standard InChI is InChI=1S/C16H19ClFN5O/c1-10-8-22(16-13(18)6-12(17)7-19-16)9-14-20-21-15(23(10)14)11-2-4-24-5-3-11/h6-7,10-11H,2-5,8-9H2,1H3/t10-/m0/s1. The molecule has 1 saturated heterocycles. The van der Waals surface area contributed by atoms with Gasteiger partial charge in [-0.25, -0.2) is 9.37 Å². The second kappa shape index (κ2) is 6.29. The van der Waals surface area contributed by atoms with E-state index in [1.807, 2.05) is 4.90 Å². The molecule has 0 radical (unpaired) electrons. The number of hydrogen-bond acceptors (Lipinski definition) is 5. The zero-order valence-electron chi connectivity index (χ0n) is 13.5. The Labute approximate surface area is 144 Å². The second-order valence-electron chi connectivity index (χ2n) is 6.42. The van der Waals surface area contributed by atoms with Crippen LogP contribution in [0.3, 0.4) is 0 Å². The van der Waals surface area contributed by atoms with Crippen LogP contribution in [0, 0.1) is 5.82 Å². The van der Waals surface area contributed by atoms with Crippen LogP contribution in [0.2, 0.25) is 5.02 Å². The first kappa shape index (κ1) is 15.8. The van der Waals surface area contributed by atoms with E-state index in [1.54, 1.807) is 0 Å². The van der Waals surface area contributed by atoms with Gasteiger partial charge in [0.05, 0.1) is 17.6 Å². The predicted molar refractivity (Wildman–Crippen MR) is 87.8 cm³/mol. The van der Waals surface area contributed by atoms with Crippen molar-refractivity contribution < 1.29 is 9.13 Å². The first-order chi connectivity index (χ1) is 11.6. The topological polar surface area (TPSA) is 56.1 Å². The summed E-state index contributed by atoms with van der Waals surface area (Å²) in [5.41, 5.74) is 0. The minimum absolute atomic E-state index is 0.151. The highest BCUT2D eigenvalue weighted by molar-refractivity contribution is 6.30. The largest absolute Gasteiger partial charge is 0.381 e. The molecule has 4 rings (SSSR count). The molecule has 2 aliphatic heterocycles. The van der Waals surface area contributed by atoms with Crippen molar-refractivity contribution in [2.24, 2.45) is 0 Å². The van der Waals surface area contributed by atoms with Crippen LogP contribution in [-0.4, -0.2) is 39.5 Å². The van der Waals surface area contributed by atoms with E-state index in [0.717, 1.165) is 37.7 Å². The van der Waals surface area contributed by atoms with Crippen LogP contribution < -0.4 is 4.90 Å². The van der Waals surface area contributed by atoms with E-state index < -0.39 is 5.82 Å². The summed E-state index contributed by atoms with van der Waals surface area (Å²) in [4.78, 5) is 6.05. The maximum atomic E-state index is 14.2. The van der Waals surface area contributed by atoms with E-state index in [4.69, 9.17) is 16.3 Å². The van der Waals surface area contributed by atoms with Crippen LogP contribution in [-0.2, 0) is 11.3 Å². The summed E-state index contributed by atoms with van der Waals surface area (Å²) in [5.74, 6) is 2.18. The highest BCUT2D eigenvalue weighted by Gasteiger charge is 2.31. The minimum Gasteiger partial charge on any atom is -0.381 e. The molecule has 0 bridgehead atoms. The van der Waals surface area contributed by atoms with Gasteiger partial charge in [-0.1, -0.05) is 11.6 Å². The molecule has 2 aliphatic rings. The van der Waals surface area contributed by atoms with Gasteiger partial charge in [0.2, 0.25) is 0 Å². The van der Waals surface area contributed by atoms with Gasteiger partial charge in [0, 0.05) is 31.9 Å². The summed E-state index contributed by atoms with van der Waals surface area (Å²) in [6.07, 6.45) is 3.42. The van der Waals surface area contributed by atoms with Crippen LogP contribution in [0.4, 0.5) is 10.2 Å². The molecule has 0 aromatic carbocycles. The molecule has 2 aromatic rings. The van der Waals surface area contributed by atoms with Gasteiger partial charge >= 0.3 is 0 Å². The maximum absolute atomic E-state index is 14.2. The average Bonchev–Trinajstić information content (AvgIpc) is 3.00. The summed E-state index contributed by atoms with van der Waals surface area (Å²) in [6, 6.07) is 1.44. The lowest BCUT2D eigenvalue weighted by atomic mass is 9.99. The van der Waals surface area contributed by atoms with Gasteiger partial charge in [-0.15, -0.1) is 10.2 Å². The Kier molecular flexibility index (Phi) is 4.14. The van der Waals surface area contributed by atoms with Gasteiger partial charge in [0.15, 0.2) is 17.5 Å². The van der Waals surface area contributed by atoms with Crippen molar-refractivity contribution in [1.82, 2.24) is 19.7 Å². The fraction of sp³-hybridized carbons (Fsp3) is 0.562. The molecule has 0 spiro atoms. The van der Waals surface area contributed by atoms with Crippen molar-refractivity contribution in [3.63, 3.8) is 0 Å². The Morgan fingerprint density at radius 3 is 2.83 bits per heavy atom. The van der Waals surface area contributed by atoms with Crippen LogP contribution in [0.25, 0.3) is 0 Å². The fourth-order valence-corrected chi connectivity index (χ4v) is 3.74. The molecule has 4 heterocycles. The summed E-state index contributed by atoms with van der Waals surface area (Å²) in [7, 11) is 0. The SMILES string of the molecule is C[C@H]1CN(c2ncc(Cl)cc2F)Cc2nnc(C3CCOCC3)n21. The lowest BCUT2D eigenvalue weighted by molar-refractivity contribution is 0.0823. The highest BCUT2D eigenvalue weighted by atomic mass is 35.5. The molecule has 0 amide bonds. The average molecular weight is 352 g/mol. The summed E-state index contributed by atoms with van der Waals surface area (Å²) in [5, 5.41) is 9.09. The highest BCUT2D eigenvalue weighted by Crippen LogP contribution is 2.32. The number of rotatable bonds is 2. The summed E-state index contributed by atoms with van der Waals surface area (Å²) >= 11 is 5.80. The van der Waals surface area contributed by atoms with Crippen molar-refractivity contribution in [3.05, 3.63) is 34.8 Å². The van der Waals surface area contributed by atoms with Gasteiger partial charge in [-0.3, -0.25) is 0 Å². The zero-order chi connectivity index (χ0) is 16.7.